The minimum absolute atomic E-state index is 0.309. The summed E-state index contributed by atoms with van der Waals surface area (Å²) in [4.78, 5) is 17.0. The number of hydroxylamine groups is 1. The van der Waals surface area contributed by atoms with Gasteiger partial charge in [0, 0.05) is 6.08 Å². The summed E-state index contributed by atoms with van der Waals surface area (Å²) >= 11 is 0. The van der Waals surface area contributed by atoms with Crippen molar-refractivity contribution < 1.29 is 19.1 Å². The van der Waals surface area contributed by atoms with Gasteiger partial charge in [-0.3, -0.25) is 9.63 Å². The lowest BCUT2D eigenvalue weighted by Gasteiger charge is -2.09. The Bertz CT molecular complexity index is 726. The van der Waals surface area contributed by atoms with Gasteiger partial charge in [0.25, 0.3) is 5.91 Å². The van der Waals surface area contributed by atoms with Crippen LogP contribution >= 0.6 is 0 Å². The number of carbonyl (C=O) groups is 1. The van der Waals surface area contributed by atoms with Crippen LogP contribution in [0.4, 0.5) is 0 Å². The van der Waals surface area contributed by atoms with Gasteiger partial charge in [0.15, 0.2) is 11.5 Å². The van der Waals surface area contributed by atoms with Crippen molar-refractivity contribution in [3.63, 3.8) is 0 Å². The molecule has 0 heterocycles. The third kappa shape index (κ3) is 6.16. The second-order valence-electron chi connectivity index (χ2n) is 5.08. The summed E-state index contributed by atoms with van der Waals surface area (Å²) in [6.07, 6.45) is 4.72. The topological polar surface area (TPSA) is 56.8 Å². The predicted octanol–water partition coefficient (Wildman–Crippen LogP) is 3.52. The quantitative estimate of drug-likeness (QED) is 0.431. The zero-order chi connectivity index (χ0) is 17.9. The van der Waals surface area contributed by atoms with E-state index in [2.05, 4.69) is 12.1 Å². The first-order valence-corrected chi connectivity index (χ1v) is 7.78. The molecule has 0 spiro atoms. The van der Waals surface area contributed by atoms with Crippen LogP contribution in [0.3, 0.4) is 0 Å². The summed E-state index contributed by atoms with van der Waals surface area (Å²) in [5, 5.41) is 0. The highest BCUT2D eigenvalue weighted by atomic mass is 16.6. The van der Waals surface area contributed by atoms with Gasteiger partial charge in [0.05, 0.1) is 13.7 Å². The first-order chi connectivity index (χ1) is 12.2. The molecule has 0 saturated carbocycles. The summed E-state index contributed by atoms with van der Waals surface area (Å²) in [7, 11) is 1.56. The molecule has 2 aromatic rings. The Morgan fingerprint density at radius 2 is 1.96 bits per heavy atom. The number of carbonyl (C=O) groups excluding carboxylic acids is 1. The Hall–Kier alpha value is -3.05. The molecule has 0 fully saturated rings. The first-order valence-electron chi connectivity index (χ1n) is 7.78. The number of methoxy groups -OCH3 is 1. The zero-order valence-corrected chi connectivity index (χ0v) is 14.1. The summed E-state index contributed by atoms with van der Waals surface area (Å²) in [5.74, 6) is 0.863. The van der Waals surface area contributed by atoms with E-state index in [9.17, 15) is 4.79 Å². The average molecular weight is 339 g/mol. The van der Waals surface area contributed by atoms with E-state index in [0.29, 0.717) is 24.7 Å². The Kier molecular flexibility index (Phi) is 7.28. The second-order valence-corrected chi connectivity index (χ2v) is 5.08. The maximum absolute atomic E-state index is 11.8. The van der Waals surface area contributed by atoms with Gasteiger partial charge in [-0.1, -0.05) is 49.1 Å². The molecule has 0 saturated heterocycles. The van der Waals surface area contributed by atoms with Gasteiger partial charge in [0.1, 0.15) is 6.61 Å². The van der Waals surface area contributed by atoms with Gasteiger partial charge in [-0.15, -0.1) is 0 Å². The van der Waals surface area contributed by atoms with E-state index in [0.717, 1.165) is 11.1 Å². The molecular weight excluding hydrogens is 318 g/mol. The number of nitrogens with one attached hydrogen (secondary N) is 1. The molecule has 2 aromatic carbocycles. The molecule has 1 amide bonds. The summed E-state index contributed by atoms with van der Waals surface area (Å²) in [6.45, 7) is 4.31. The fraction of sp³-hybridized carbons (Fsp3) is 0.150. The van der Waals surface area contributed by atoms with Crippen LogP contribution < -0.4 is 15.0 Å². The Labute approximate surface area is 147 Å². The van der Waals surface area contributed by atoms with Crippen LogP contribution in [0.15, 0.2) is 67.3 Å². The molecule has 0 aliphatic rings. The molecule has 5 nitrogen and oxygen atoms in total. The van der Waals surface area contributed by atoms with E-state index in [-0.39, 0.29) is 5.91 Å². The van der Waals surface area contributed by atoms with E-state index in [1.165, 1.54) is 6.08 Å². The van der Waals surface area contributed by atoms with Gasteiger partial charge < -0.3 is 9.47 Å². The Morgan fingerprint density at radius 3 is 2.68 bits per heavy atom. The molecule has 2 rings (SSSR count). The maximum atomic E-state index is 11.8. The number of benzene rings is 2. The number of hydrogen-bond donors (Lipinski definition) is 1. The van der Waals surface area contributed by atoms with Gasteiger partial charge in [-0.05, 0) is 29.3 Å². The molecule has 0 bridgehead atoms. The van der Waals surface area contributed by atoms with Gasteiger partial charge >= 0.3 is 0 Å². The van der Waals surface area contributed by atoms with Crippen LogP contribution in [0, 0.1) is 0 Å². The summed E-state index contributed by atoms with van der Waals surface area (Å²) in [5.41, 5.74) is 4.16. The second kappa shape index (κ2) is 9.95. The van der Waals surface area contributed by atoms with Crippen LogP contribution in [0.2, 0.25) is 0 Å². The lowest BCUT2D eigenvalue weighted by atomic mass is 10.2. The highest BCUT2D eigenvalue weighted by Crippen LogP contribution is 2.28. The molecule has 130 valence electrons. The van der Waals surface area contributed by atoms with Crippen LogP contribution in [-0.2, 0) is 16.2 Å². The lowest BCUT2D eigenvalue weighted by molar-refractivity contribution is -0.129. The minimum Gasteiger partial charge on any atom is -0.493 e. The van der Waals surface area contributed by atoms with Crippen molar-refractivity contribution in [2.75, 3.05) is 13.7 Å². The monoisotopic (exact) mass is 339 g/mol. The molecule has 0 aromatic heterocycles. The number of hydrogen-bond acceptors (Lipinski definition) is 4. The highest BCUT2D eigenvalue weighted by molar-refractivity contribution is 5.91. The first kappa shape index (κ1) is 18.3. The summed E-state index contributed by atoms with van der Waals surface area (Å²) < 4.78 is 10.8. The molecule has 1 N–H and O–H groups in total. The molecule has 5 heteroatoms. The van der Waals surface area contributed by atoms with Gasteiger partial charge in [-0.25, -0.2) is 5.48 Å². The van der Waals surface area contributed by atoms with E-state index in [4.69, 9.17) is 14.3 Å². The van der Waals surface area contributed by atoms with Gasteiger partial charge in [0.2, 0.25) is 0 Å². The zero-order valence-electron chi connectivity index (χ0n) is 14.1. The van der Waals surface area contributed by atoms with Crippen molar-refractivity contribution in [3.05, 3.63) is 78.4 Å². The molecular formula is C20H21NO4. The fourth-order valence-electron chi connectivity index (χ4n) is 2.03. The fourth-order valence-corrected chi connectivity index (χ4v) is 2.03. The Morgan fingerprint density at radius 1 is 1.16 bits per heavy atom. The van der Waals surface area contributed by atoms with E-state index in [1.807, 2.05) is 36.4 Å². The smallest absolute Gasteiger partial charge is 0.267 e. The van der Waals surface area contributed by atoms with Crippen molar-refractivity contribution in [2.24, 2.45) is 0 Å². The molecule has 0 unspecified atom stereocenters. The lowest BCUT2D eigenvalue weighted by Crippen LogP contribution is -2.21. The molecule has 0 atom stereocenters. The van der Waals surface area contributed by atoms with Crippen LogP contribution in [0.1, 0.15) is 11.1 Å². The molecule has 0 aliphatic heterocycles. The van der Waals surface area contributed by atoms with Crippen molar-refractivity contribution >= 4 is 12.0 Å². The van der Waals surface area contributed by atoms with Crippen LogP contribution in [0.25, 0.3) is 6.08 Å². The normalized spacial score (nSPS) is 10.4. The Balaban J connectivity index is 1.87. The number of amides is 1. The highest BCUT2D eigenvalue weighted by Gasteiger charge is 2.04. The minimum atomic E-state index is -0.345. The molecule has 25 heavy (non-hydrogen) atoms. The third-order valence-corrected chi connectivity index (χ3v) is 3.23. The third-order valence-electron chi connectivity index (χ3n) is 3.23. The molecule has 0 radical (unpaired) electrons. The van der Waals surface area contributed by atoms with Crippen molar-refractivity contribution in [3.8, 4) is 11.5 Å². The van der Waals surface area contributed by atoms with E-state index in [1.54, 1.807) is 31.4 Å². The summed E-state index contributed by atoms with van der Waals surface area (Å²) in [6, 6.07) is 15.0. The van der Waals surface area contributed by atoms with Crippen molar-refractivity contribution in [1.29, 1.82) is 0 Å². The van der Waals surface area contributed by atoms with Crippen molar-refractivity contribution in [1.82, 2.24) is 5.48 Å². The average Bonchev–Trinajstić information content (AvgIpc) is 2.65. The van der Waals surface area contributed by atoms with Crippen LogP contribution in [0.5, 0.6) is 11.5 Å². The standard InChI is InChI=1S/C20H21NO4/c1-3-13-24-18-11-9-16(14-19(18)23-2)10-12-20(22)21-25-15-17-7-5-4-6-8-17/h3-12,14H,1,13,15H2,2H3,(H,21,22). The largest absolute Gasteiger partial charge is 0.493 e. The van der Waals surface area contributed by atoms with Crippen molar-refractivity contribution in [2.45, 2.75) is 6.61 Å². The van der Waals surface area contributed by atoms with E-state index >= 15 is 0 Å². The molecule has 0 aliphatic carbocycles. The predicted molar refractivity (Wildman–Crippen MR) is 97.1 cm³/mol. The number of rotatable bonds is 9. The van der Waals surface area contributed by atoms with Crippen LogP contribution in [-0.4, -0.2) is 19.6 Å². The SMILES string of the molecule is C=CCOc1ccc(C=CC(=O)NOCc2ccccc2)cc1OC. The van der Waals surface area contributed by atoms with E-state index < -0.39 is 0 Å². The number of ether oxygens (including phenoxy) is 2. The maximum Gasteiger partial charge on any atom is 0.267 e. The van der Waals surface area contributed by atoms with Gasteiger partial charge in [-0.2, -0.15) is 0 Å².